The number of amides is 1. The van der Waals surface area contributed by atoms with Crippen LogP contribution in [0.25, 0.3) is 22.2 Å². The van der Waals surface area contributed by atoms with Gasteiger partial charge in [-0.2, -0.15) is 0 Å². The summed E-state index contributed by atoms with van der Waals surface area (Å²) in [4.78, 5) is 20.2. The lowest BCUT2D eigenvalue weighted by Gasteiger charge is -2.23. The molecule has 1 aliphatic heterocycles. The van der Waals surface area contributed by atoms with Gasteiger partial charge >= 0.3 is 0 Å². The van der Waals surface area contributed by atoms with Gasteiger partial charge in [-0.3, -0.25) is 4.79 Å². The topological polar surface area (TPSA) is 65.4 Å². The molecule has 4 rings (SSSR count). The summed E-state index contributed by atoms with van der Waals surface area (Å²) in [5.41, 5.74) is 10.4. The van der Waals surface area contributed by atoms with Crippen LogP contribution in [0.5, 0.6) is 0 Å². The first-order valence-electron chi connectivity index (χ1n) is 10.6. The van der Waals surface area contributed by atoms with Gasteiger partial charge in [-0.25, -0.2) is 0 Å². The summed E-state index contributed by atoms with van der Waals surface area (Å²) in [6.45, 7) is 8.00. The molecule has 0 bridgehead atoms. The number of nitrogens with one attached hydrogen (secondary N) is 1. The van der Waals surface area contributed by atoms with Crippen LogP contribution < -0.4 is 10.6 Å². The molecule has 1 saturated heterocycles. The van der Waals surface area contributed by atoms with Gasteiger partial charge in [0.05, 0.1) is 0 Å². The Hall–Kier alpha value is -2.79. The largest absolute Gasteiger partial charge is 0.370 e. The van der Waals surface area contributed by atoms with E-state index < -0.39 is 5.91 Å². The Morgan fingerprint density at radius 3 is 2.66 bits per heavy atom. The van der Waals surface area contributed by atoms with Crippen LogP contribution in [-0.4, -0.2) is 48.5 Å². The highest BCUT2D eigenvalue weighted by molar-refractivity contribution is 6.06. The van der Waals surface area contributed by atoms with Gasteiger partial charge in [0.25, 0.3) is 0 Å². The lowest BCUT2D eigenvalue weighted by Crippen LogP contribution is -2.31. The van der Waals surface area contributed by atoms with Crippen molar-refractivity contribution in [1.29, 1.82) is 0 Å². The van der Waals surface area contributed by atoms with Crippen molar-refractivity contribution in [2.45, 2.75) is 26.2 Å². The number of carbonyl (C=O) groups excluding carboxylic acids is 1. The Balaban J connectivity index is 1.50. The van der Waals surface area contributed by atoms with E-state index in [0.717, 1.165) is 41.8 Å². The number of fused-ring (bicyclic) bond motifs is 1. The van der Waals surface area contributed by atoms with Crippen LogP contribution in [0, 0.1) is 0 Å². The number of nitrogens with zero attached hydrogens (tertiary/aromatic N) is 2. The standard InChI is InChI=1S/C24H30N4O/c1-2-3-12-27-13-5-14-28(16-15-27)19-10-8-18(9-11-19)23-17-21-20(24(25)29)6-4-7-22(21)26-23/h4,6-11,17,26H,2-3,5,12-16H2,1H3,(H2,25,29). The van der Waals surface area contributed by atoms with Gasteiger partial charge in [0.2, 0.25) is 5.91 Å². The SMILES string of the molecule is CCCCN1CCCN(c2ccc(-c3cc4c(C(N)=O)cccc4[nH]3)cc2)CC1. The van der Waals surface area contributed by atoms with E-state index in [4.69, 9.17) is 5.73 Å². The smallest absolute Gasteiger partial charge is 0.249 e. The first kappa shape index (κ1) is 19.5. The summed E-state index contributed by atoms with van der Waals surface area (Å²) < 4.78 is 0. The molecule has 5 heteroatoms. The summed E-state index contributed by atoms with van der Waals surface area (Å²) in [5.74, 6) is -0.398. The molecule has 3 aromatic rings. The third-order valence-corrected chi connectivity index (χ3v) is 5.89. The molecule has 1 aliphatic rings. The maximum absolute atomic E-state index is 11.7. The van der Waals surface area contributed by atoms with Crippen LogP contribution in [0.4, 0.5) is 5.69 Å². The molecule has 0 spiro atoms. The molecule has 0 aliphatic carbocycles. The second-order valence-electron chi connectivity index (χ2n) is 7.90. The molecule has 2 heterocycles. The zero-order chi connectivity index (χ0) is 20.2. The maximum atomic E-state index is 11.7. The lowest BCUT2D eigenvalue weighted by molar-refractivity contribution is 0.100. The Bertz CT molecular complexity index is 976. The molecule has 152 valence electrons. The summed E-state index contributed by atoms with van der Waals surface area (Å²) in [7, 11) is 0. The Morgan fingerprint density at radius 2 is 1.90 bits per heavy atom. The third-order valence-electron chi connectivity index (χ3n) is 5.89. The minimum absolute atomic E-state index is 0.398. The van der Waals surface area contributed by atoms with E-state index in [2.05, 4.69) is 46.0 Å². The Kier molecular flexibility index (Phi) is 5.86. The van der Waals surface area contributed by atoms with E-state index in [1.165, 1.54) is 38.0 Å². The fraction of sp³-hybridized carbons (Fsp3) is 0.375. The van der Waals surface area contributed by atoms with Crippen LogP contribution in [0.3, 0.4) is 0 Å². The van der Waals surface area contributed by atoms with Crippen molar-refractivity contribution in [3.8, 4) is 11.3 Å². The quantitative estimate of drug-likeness (QED) is 0.661. The normalized spacial score (nSPS) is 15.6. The van der Waals surface area contributed by atoms with Crippen LogP contribution in [0.15, 0.2) is 48.5 Å². The van der Waals surface area contributed by atoms with Crippen molar-refractivity contribution in [1.82, 2.24) is 9.88 Å². The number of unbranched alkanes of at least 4 members (excludes halogenated alkanes) is 1. The fourth-order valence-corrected chi connectivity index (χ4v) is 4.21. The van der Waals surface area contributed by atoms with Gasteiger partial charge in [-0.05, 0) is 61.8 Å². The van der Waals surface area contributed by atoms with E-state index in [0.29, 0.717) is 5.56 Å². The molecule has 1 amide bonds. The zero-order valence-corrected chi connectivity index (χ0v) is 17.2. The van der Waals surface area contributed by atoms with Crippen LogP contribution in [0.2, 0.25) is 0 Å². The maximum Gasteiger partial charge on any atom is 0.249 e. The number of primary amides is 1. The fourth-order valence-electron chi connectivity index (χ4n) is 4.21. The van der Waals surface area contributed by atoms with E-state index in [1.807, 2.05) is 18.2 Å². The molecule has 3 N–H and O–H groups in total. The second-order valence-corrected chi connectivity index (χ2v) is 7.90. The third kappa shape index (κ3) is 4.30. The van der Waals surface area contributed by atoms with E-state index in [9.17, 15) is 4.79 Å². The van der Waals surface area contributed by atoms with Crippen molar-refractivity contribution in [2.75, 3.05) is 37.6 Å². The van der Waals surface area contributed by atoms with Gasteiger partial charge in [0, 0.05) is 47.5 Å². The van der Waals surface area contributed by atoms with Crippen molar-refractivity contribution >= 4 is 22.5 Å². The first-order valence-corrected chi connectivity index (χ1v) is 10.6. The van der Waals surface area contributed by atoms with Gasteiger partial charge in [0.1, 0.15) is 0 Å². The van der Waals surface area contributed by atoms with Crippen LogP contribution in [-0.2, 0) is 0 Å². The molecular formula is C24H30N4O. The Morgan fingerprint density at radius 1 is 1.07 bits per heavy atom. The minimum Gasteiger partial charge on any atom is -0.370 e. The summed E-state index contributed by atoms with van der Waals surface area (Å²) in [6, 6.07) is 16.3. The monoisotopic (exact) mass is 390 g/mol. The molecule has 2 aromatic carbocycles. The van der Waals surface area contributed by atoms with Gasteiger partial charge in [-0.1, -0.05) is 31.5 Å². The Labute approximate surface area is 172 Å². The molecule has 0 unspecified atom stereocenters. The number of rotatable bonds is 6. The average Bonchev–Trinajstić information content (AvgIpc) is 3.04. The molecule has 0 radical (unpaired) electrons. The lowest BCUT2D eigenvalue weighted by atomic mass is 10.1. The van der Waals surface area contributed by atoms with E-state index >= 15 is 0 Å². The molecular weight excluding hydrogens is 360 g/mol. The zero-order valence-electron chi connectivity index (χ0n) is 17.2. The molecule has 0 saturated carbocycles. The molecule has 1 aromatic heterocycles. The van der Waals surface area contributed by atoms with Crippen LogP contribution in [0.1, 0.15) is 36.5 Å². The molecule has 0 atom stereocenters. The molecule has 1 fully saturated rings. The summed E-state index contributed by atoms with van der Waals surface area (Å²) in [5, 5.41) is 0.874. The number of aromatic amines is 1. The second kappa shape index (κ2) is 8.70. The predicted molar refractivity (Wildman–Crippen MR) is 120 cm³/mol. The molecule has 5 nitrogen and oxygen atoms in total. The highest BCUT2D eigenvalue weighted by atomic mass is 16.1. The molecule has 29 heavy (non-hydrogen) atoms. The number of benzene rings is 2. The number of anilines is 1. The van der Waals surface area contributed by atoms with E-state index in [-0.39, 0.29) is 0 Å². The number of carbonyl (C=O) groups is 1. The van der Waals surface area contributed by atoms with Gasteiger partial charge < -0.3 is 20.5 Å². The van der Waals surface area contributed by atoms with Crippen molar-refractivity contribution < 1.29 is 4.79 Å². The van der Waals surface area contributed by atoms with Gasteiger partial charge in [-0.15, -0.1) is 0 Å². The summed E-state index contributed by atoms with van der Waals surface area (Å²) in [6.07, 6.45) is 3.76. The number of aromatic nitrogens is 1. The summed E-state index contributed by atoms with van der Waals surface area (Å²) >= 11 is 0. The number of nitrogens with two attached hydrogens (primary N) is 1. The highest BCUT2D eigenvalue weighted by Crippen LogP contribution is 2.28. The van der Waals surface area contributed by atoms with Crippen molar-refractivity contribution in [3.05, 3.63) is 54.1 Å². The first-order chi connectivity index (χ1) is 14.2. The number of hydrogen-bond donors (Lipinski definition) is 2. The average molecular weight is 391 g/mol. The number of H-pyrrole nitrogens is 1. The number of hydrogen-bond acceptors (Lipinski definition) is 3. The van der Waals surface area contributed by atoms with Gasteiger partial charge in [0.15, 0.2) is 0 Å². The van der Waals surface area contributed by atoms with Crippen LogP contribution >= 0.6 is 0 Å². The van der Waals surface area contributed by atoms with E-state index in [1.54, 1.807) is 6.07 Å². The van der Waals surface area contributed by atoms with Crippen molar-refractivity contribution in [2.24, 2.45) is 5.73 Å². The van der Waals surface area contributed by atoms with Crippen molar-refractivity contribution in [3.63, 3.8) is 0 Å². The highest BCUT2D eigenvalue weighted by Gasteiger charge is 2.15. The minimum atomic E-state index is -0.398. The predicted octanol–water partition coefficient (Wildman–Crippen LogP) is 4.25.